The van der Waals surface area contributed by atoms with Crippen LogP contribution in [0.4, 0.5) is 5.82 Å². The van der Waals surface area contributed by atoms with Crippen molar-refractivity contribution in [3.63, 3.8) is 0 Å². The molecule has 0 spiro atoms. The number of carbonyl (C=O) groups excluding carboxylic acids is 1. The largest absolute Gasteiger partial charge is 0.497 e. The molecule has 138 valence electrons. The van der Waals surface area contributed by atoms with Crippen LogP contribution in [0.3, 0.4) is 0 Å². The molecule has 1 aromatic carbocycles. The molecule has 0 bridgehead atoms. The van der Waals surface area contributed by atoms with Crippen LogP contribution in [0.15, 0.2) is 41.1 Å². The normalized spacial score (nSPS) is 11.4. The number of anilines is 1. The Morgan fingerprint density at radius 3 is 2.85 bits per heavy atom. The van der Waals surface area contributed by atoms with E-state index in [4.69, 9.17) is 9.72 Å². The molecule has 1 N–H and O–H groups in total. The van der Waals surface area contributed by atoms with Crippen molar-refractivity contribution in [2.45, 2.75) is 20.4 Å². The molecule has 0 aliphatic carbocycles. The number of nitrogens with zero attached hydrogens (tertiary/aromatic N) is 3. The van der Waals surface area contributed by atoms with Crippen molar-refractivity contribution in [3.05, 3.63) is 46.7 Å². The number of hydrogen-bond donors (Lipinski definition) is 1. The van der Waals surface area contributed by atoms with E-state index in [1.165, 1.54) is 11.3 Å². The van der Waals surface area contributed by atoms with Crippen LogP contribution < -0.4 is 10.1 Å². The number of thiophene rings is 1. The van der Waals surface area contributed by atoms with E-state index >= 15 is 0 Å². The van der Waals surface area contributed by atoms with Gasteiger partial charge in [0.15, 0.2) is 11.5 Å². The second-order valence-electron chi connectivity index (χ2n) is 6.81. The Morgan fingerprint density at radius 2 is 2.15 bits per heavy atom. The van der Waals surface area contributed by atoms with Crippen molar-refractivity contribution in [1.82, 2.24) is 14.8 Å². The summed E-state index contributed by atoms with van der Waals surface area (Å²) < 4.78 is 7.19. The highest BCUT2D eigenvalue weighted by molar-refractivity contribution is 7.08. The lowest BCUT2D eigenvalue weighted by Gasteiger charge is -2.06. The monoisotopic (exact) mass is 380 g/mol. The molecule has 4 rings (SSSR count). The van der Waals surface area contributed by atoms with Gasteiger partial charge in [-0.1, -0.05) is 13.8 Å². The molecule has 0 aliphatic rings. The Bertz CT molecular complexity index is 1120. The predicted molar refractivity (Wildman–Crippen MR) is 109 cm³/mol. The van der Waals surface area contributed by atoms with Gasteiger partial charge in [-0.15, -0.1) is 0 Å². The average Bonchev–Trinajstić information content (AvgIpc) is 3.29. The van der Waals surface area contributed by atoms with Crippen LogP contribution in [0.1, 0.15) is 24.2 Å². The first-order valence-electron chi connectivity index (χ1n) is 8.74. The number of nitrogens with one attached hydrogen (secondary N) is 1. The minimum atomic E-state index is -0.168. The zero-order valence-corrected chi connectivity index (χ0v) is 16.2. The van der Waals surface area contributed by atoms with E-state index in [0.29, 0.717) is 17.3 Å². The molecule has 3 aromatic heterocycles. The molecule has 0 radical (unpaired) electrons. The van der Waals surface area contributed by atoms with Crippen LogP contribution >= 0.6 is 11.3 Å². The van der Waals surface area contributed by atoms with Crippen LogP contribution in [-0.4, -0.2) is 27.8 Å². The summed E-state index contributed by atoms with van der Waals surface area (Å²) in [5, 5.41) is 13.0. The summed E-state index contributed by atoms with van der Waals surface area (Å²) in [4.78, 5) is 17.3. The lowest BCUT2D eigenvalue weighted by atomic mass is 10.1. The number of benzene rings is 1. The summed E-state index contributed by atoms with van der Waals surface area (Å²) in [6.45, 7) is 4.98. The van der Waals surface area contributed by atoms with Gasteiger partial charge in [0, 0.05) is 17.3 Å². The van der Waals surface area contributed by atoms with Gasteiger partial charge in [-0.3, -0.25) is 4.79 Å². The van der Waals surface area contributed by atoms with Gasteiger partial charge in [-0.2, -0.15) is 16.4 Å². The molecule has 3 heterocycles. The zero-order chi connectivity index (χ0) is 19.0. The second-order valence-corrected chi connectivity index (χ2v) is 7.59. The molecule has 0 unspecified atom stereocenters. The summed E-state index contributed by atoms with van der Waals surface area (Å²) in [5.74, 6) is 1.53. The molecule has 6 nitrogen and oxygen atoms in total. The topological polar surface area (TPSA) is 69.0 Å². The molecule has 0 fully saturated rings. The van der Waals surface area contributed by atoms with Crippen molar-refractivity contribution in [2.75, 3.05) is 12.4 Å². The van der Waals surface area contributed by atoms with Crippen LogP contribution in [-0.2, 0) is 6.54 Å². The number of aromatic nitrogens is 3. The summed E-state index contributed by atoms with van der Waals surface area (Å²) in [6.07, 6.45) is 0. The fourth-order valence-electron chi connectivity index (χ4n) is 3.00. The summed E-state index contributed by atoms with van der Waals surface area (Å²) in [5.41, 5.74) is 2.26. The van der Waals surface area contributed by atoms with Gasteiger partial charge in [-0.25, -0.2) is 9.67 Å². The number of rotatable bonds is 5. The van der Waals surface area contributed by atoms with Gasteiger partial charge >= 0.3 is 0 Å². The third-order valence-corrected chi connectivity index (χ3v) is 4.96. The molecule has 0 saturated carbocycles. The Morgan fingerprint density at radius 1 is 1.30 bits per heavy atom. The number of pyridine rings is 1. The van der Waals surface area contributed by atoms with E-state index in [0.717, 1.165) is 34.2 Å². The molecular weight excluding hydrogens is 360 g/mol. The van der Waals surface area contributed by atoms with E-state index in [1.54, 1.807) is 13.2 Å². The van der Waals surface area contributed by atoms with Crippen molar-refractivity contribution >= 4 is 45.0 Å². The Kier molecular flexibility index (Phi) is 4.53. The highest BCUT2D eigenvalue weighted by Crippen LogP contribution is 2.29. The maximum atomic E-state index is 12.5. The average molecular weight is 380 g/mol. The number of methoxy groups -OCH3 is 1. The zero-order valence-electron chi connectivity index (χ0n) is 15.4. The summed E-state index contributed by atoms with van der Waals surface area (Å²) >= 11 is 1.49. The minimum Gasteiger partial charge on any atom is -0.497 e. The lowest BCUT2D eigenvalue weighted by Crippen LogP contribution is -2.12. The molecule has 4 aromatic rings. The molecule has 0 saturated heterocycles. The summed E-state index contributed by atoms with van der Waals surface area (Å²) in [7, 11) is 1.64. The van der Waals surface area contributed by atoms with Gasteiger partial charge in [0.25, 0.3) is 5.91 Å². The Balaban J connectivity index is 1.85. The molecule has 0 atom stereocenters. The van der Waals surface area contributed by atoms with E-state index in [2.05, 4.69) is 24.3 Å². The number of fused-ring (bicyclic) bond motifs is 2. The maximum Gasteiger partial charge on any atom is 0.257 e. The standard InChI is InChI=1S/C20H20N4O2S/c1-12(2)10-24-19-16(9-14-8-15(26-3)4-5-17(14)21-19)18(23-24)22-20(25)13-6-7-27-11-13/h4-9,11-12H,10H2,1-3H3,(H,22,23,25). The molecule has 1 amide bonds. The second kappa shape index (κ2) is 7.00. The first-order valence-corrected chi connectivity index (χ1v) is 9.68. The number of carbonyl (C=O) groups is 1. The Labute approximate surface area is 160 Å². The van der Waals surface area contributed by atoms with E-state index in [-0.39, 0.29) is 5.91 Å². The van der Waals surface area contributed by atoms with Crippen molar-refractivity contribution in [2.24, 2.45) is 5.92 Å². The quantitative estimate of drug-likeness (QED) is 0.551. The van der Waals surface area contributed by atoms with Crippen LogP contribution in [0, 0.1) is 5.92 Å². The predicted octanol–water partition coefficient (Wildman–Crippen LogP) is 4.56. The van der Waals surface area contributed by atoms with E-state index in [1.807, 2.05) is 39.7 Å². The lowest BCUT2D eigenvalue weighted by molar-refractivity contribution is 0.102. The minimum absolute atomic E-state index is 0.168. The van der Waals surface area contributed by atoms with Gasteiger partial charge in [0.2, 0.25) is 0 Å². The highest BCUT2D eigenvalue weighted by Gasteiger charge is 2.17. The molecular formula is C20H20N4O2S. The van der Waals surface area contributed by atoms with Crippen molar-refractivity contribution in [3.8, 4) is 5.75 Å². The van der Waals surface area contributed by atoms with Gasteiger partial charge in [0.05, 0.1) is 23.6 Å². The van der Waals surface area contributed by atoms with Gasteiger partial charge in [-0.05, 0) is 41.6 Å². The fourth-order valence-corrected chi connectivity index (χ4v) is 3.64. The van der Waals surface area contributed by atoms with Crippen molar-refractivity contribution in [1.29, 1.82) is 0 Å². The van der Waals surface area contributed by atoms with E-state index < -0.39 is 0 Å². The van der Waals surface area contributed by atoms with Gasteiger partial charge in [0.1, 0.15) is 5.75 Å². The first kappa shape index (κ1) is 17.5. The van der Waals surface area contributed by atoms with E-state index in [9.17, 15) is 4.79 Å². The smallest absolute Gasteiger partial charge is 0.257 e. The number of hydrogen-bond acceptors (Lipinski definition) is 5. The van der Waals surface area contributed by atoms with Crippen LogP contribution in [0.25, 0.3) is 21.9 Å². The summed E-state index contributed by atoms with van der Waals surface area (Å²) in [6, 6.07) is 9.57. The third kappa shape index (κ3) is 3.38. The fraction of sp³-hybridized carbons (Fsp3) is 0.250. The first-order chi connectivity index (χ1) is 13.0. The SMILES string of the molecule is COc1ccc2nc3c(cc2c1)c(NC(=O)c1ccsc1)nn3CC(C)C. The third-order valence-electron chi connectivity index (χ3n) is 4.28. The van der Waals surface area contributed by atoms with Crippen molar-refractivity contribution < 1.29 is 9.53 Å². The molecule has 27 heavy (non-hydrogen) atoms. The van der Waals surface area contributed by atoms with Gasteiger partial charge < -0.3 is 10.1 Å². The number of ether oxygens (including phenoxy) is 1. The molecule has 0 aliphatic heterocycles. The highest BCUT2D eigenvalue weighted by atomic mass is 32.1. The maximum absolute atomic E-state index is 12.5. The molecule has 7 heteroatoms. The Hall–Kier alpha value is -2.93. The van der Waals surface area contributed by atoms with Crippen LogP contribution in [0.5, 0.6) is 5.75 Å². The number of amides is 1. The van der Waals surface area contributed by atoms with Crippen LogP contribution in [0.2, 0.25) is 0 Å².